The van der Waals surface area contributed by atoms with Gasteiger partial charge in [-0.3, -0.25) is 4.79 Å². The van der Waals surface area contributed by atoms with Crippen LogP contribution in [-0.2, 0) is 11.2 Å². The van der Waals surface area contributed by atoms with Gasteiger partial charge in [0.1, 0.15) is 5.82 Å². The SMILES string of the molecule is Cl.O=C(Cc1ccc(F)cc1)NCCCN1CCNCC1. The summed E-state index contributed by atoms with van der Waals surface area (Å²) < 4.78 is 12.7. The molecule has 1 amide bonds. The van der Waals surface area contributed by atoms with E-state index in [-0.39, 0.29) is 24.1 Å². The Balaban J connectivity index is 0.00000220. The number of carbonyl (C=O) groups is 1. The molecule has 2 N–H and O–H groups in total. The summed E-state index contributed by atoms with van der Waals surface area (Å²) in [6.07, 6.45) is 1.28. The smallest absolute Gasteiger partial charge is 0.224 e. The lowest BCUT2D eigenvalue weighted by atomic mass is 10.1. The van der Waals surface area contributed by atoms with Crippen molar-refractivity contribution < 1.29 is 9.18 Å². The summed E-state index contributed by atoms with van der Waals surface area (Å²) in [5.74, 6) is -0.276. The zero-order valence-corrected chi connectivity index (χ0v) is 12.9. The molecule has 1 aliphatic heterocycles. The molecule has 0 bridgehead atoms. The molecule has 1 aromatic rings. The van der Waals surface area contributed by atoms with Gasteiger partial charge in [0.25, 0.3) is 0 Å². The predicted octanol–water partition coefficient (Wildman–Crippen LogP) is 1.20. The van der Waals surface area contributed by atoms with Crippen molar-refractivity contribution in [2.24, 2.45) is 0 Å². The van der Waals surface area contributed by atoms with Crippen molar-refractivity contribution in [3.8, 4) is 0 Å². The van der Waals surface area contributed by atoms with Crippen molar-refractivity contribution in [3.63, 3.8) is 0 Å². The lowest BCUT2D eigenvalue weighted by molar-refractivity contribution is -0.120. The number of carbonyl (C=O) groups excluding carboxylic acids is 1. The van der Waals surface area contributed by atoms with Gasteiger partial charge in [0.2, 0.25) is 5.91 Å². The molecule has 1 aromatic carbocycles. The molecule has 2 rings (SSSR count). The molecule has 0 spiro atoms. The highest BCUT2D eigenvalue weighted by Crippen LogP contribution is 2.03. The van der Waals surface area contributed by atoms with Crippen molar-refractivity contribution >= 4 is 18.3 Å². The number of hydrogen-bond donors (Lipinski definition) is 2. The first-order valence-electron chi connectivity index (χ1n) is 7.18. The lowest BCUT2D eigenvalue weighted by Gasteiger charge is -2.27. The third-order valence-electron chi connectivity index (χ3n) is 3.46. The van der Waals surface area contributed by atoms with Crippen LogP contribution in [0.5, 0.6) is 0 Å². The molecule has 1 saturated heterocycles. The van der Waals surface area contributed by atoms with Crippen LogP contribution >= 0.6 is 12.4 Å². The number of amides is 1. The molecule has 4 nitrogen and oxygen atoms in total. The Labute approximate surface area is 131 Å². The Morgan fingerprint density at radius 2 is 1.90 bits per heavy atom. The second kappa shape index (κ2) is 9.71. The van der Waals surface area contributed by atoms with Crippen LogP contribution in [0.3, 0.4) is 0 Å². The van der Waals surface area contributed by atoms with E-state index in [2.05, 4.69) is 15.5 Å². The van der Waals surface area contributed by atoms with Crippen molar-refractivity contribution in [1.82, 2.24) is 15.5 Å². The van der Waals surface area contributed by atoms with E-state index >= 15 is 0 Å². The molecular weight excluding hydrogens is 293 g/mol. The molecule has 1 heterocycles. The quantitative estimate of drug-likeness (QED) is 0.775. The number of nitrogens with one attached hydrogen (secondary N) is 2. The molecule has 118 valence electrons. The Kier molecular flexibility index (Phi) is 8.27. The summed E-state index contributed by atoms with van der Waals surface area (Å²) in [4.78, 5) is 14.1. The molecule has 21 heavy (non-hydrogen) atoms. The van der Waals surface area contributed by atoms with E-state index in [0.29, 0.717) is 13.0 Å². The van der Waals surface area contributed by atoms with E-state index in [1.165, 1.54) is 12.1 Å². The Hall–Kier alpha value is -1.17. The maximum Gasteiger partial charge on any atom is 0.224 e. The summed E-state index contributed by atoms with van der Waals surface area (Å²) in [5, 5.41) is 6.23. The first-order chi connectivity index (χ1) is 9.74. The first-order valence-corrected chi connectivity index (χ1v) is 7.18. The third kappa shape index (κ3) is 6.89. The molecule has 1 aliphatic rings. The van der Waals surface area contributed by atoms with Crippen LogP contribution < -0.4 is 10.6 Å². The molecular formula is C15H23ClFN3O. The van der Waals surface area contributed by atoms with Gasteiger partial charge in [0.15, 0.2) is 0 Å². The second-order valence-corrected chi connectivity index (χ2v) is 5.10. The van der Waals surface area contributed by atoms with E-state index in [0.717, 1.165) is 44.7 Å². The van der Waals surface area contributed by atoms with E-state index in [9.17, 15) is 9.18 Å². The van der Waals surface area contributed by atoms with E-state index < -0.39 is 0 Å². The molecule has 0 aromatic heterocycles. The lowest BCUT2D eigenvalue weighted by Crippen LogP contribution is -2.44. The van der Waals surface area contributed by atoms with Crippen LogP contribution in [0, 0.1) is 5.82 Å². The molecule has 0 atom stereocenters. The Morgan fingerprint density at radius 1 is 1.24 bits per heavy atom. The molecule has 1 fully saturated rings. The first kappa shape index (κ1) is 17.9. The number of piperazine rings is 1. The average Bonchev–Trinajstić information content (AvgIpc) is 2.47. The van der Waals surface area contributed by atoms with Crippen LogP contribution in [0.25, 0.3) is 0 Å². The van der Waals surface area contributed by atoms with Gasteiger partial charge in [-0.1, -0.05) is 12.1 Å². The third-order valence-corrected chi connectivity index (χ3v) is 3.46. The summed E-state index contributed by atoms with van der Waals surface area (Å²) in [5.41, 5.74) is 0.839. The zero-order valence-electron chi connectivity index (χ0n) is 12.1. The zero-order chi connectivity index (χ0) is 14.2. The number of halogens is 2. The van der Waals surface area contributed by atoms with Crippen LogP contribution in [0.15, 0.2) is 24.3 Å². The topological polar surface area (TPSA) is 44.4 Å². The summed E-state index contributed by atoms with van der Waals surface area (Å²) >= 11 is 0. The molecule has 6 heteroatoms. The Bertz CT molecular complexity index is 421. The molecule has 0 saturated carbocycles. The molecule has 0 unspecified atom stereocenters. The second-order valence-electron chi connectivity index (χ2n) is 5.10. The van der Waals surface area contributed by atoms with Gasteiger partial charge in [0.05, 0.1) is 6.42 Å². The van der Waals surface area contributed by atoms with E-state index in [4.69, 9.17) is 0 Å². The van der Waals surface area contributed by atoms with Crippen LogP contribution in [-0.4, -0.2) is 50.1 Å². The fraction of sp³-hybridized carbons (Fsp3) is 0.533. The Morgan fingerprint density at radius 3 is 2.57 bits per heavy atom. The largest absolute Gasteiger partial charge is 0.356 e. The fourth-order valence-electron chi connectivity index (χ4n) is 2.32. The number of rotatable bonds is 6. The predicted molar refractivity (Wildman–Crippen MR) is 84.3 cm³/mol. The van der Waals surface area contributed by atoms with Gasteiger partial charge in [-0.25, -0.2) is 4.39 Å². The molecule has 0 radical (unpaired) electrons. The molecule has 0 aliphatic carbocycles. The fourth-order valence-corrected chi connectivity index (χ4v) is 2.32. The number of benzene rings is 1. The normalized spacial score (nSPS) is 15.3. The van der Waals surface area contributed by atoms with E-state index in [1.807, 2.05) is 0 Å². The monoisotopic (exact) mass is 315 g/mol. The van der Waals surface area contributed by atoms with Gasteiger partial charge in [-0.15, -0.1) is 12.4 Å². The van der Waals surface area contributed by atoms with Gasteiger partial charge >= 0.3 is 0 Å². The summed E-state index contributed by atoms with van der Waals surface area (Å²) in [6.45, 7) is 6.00. The number of hydrogen-bond acceptors (Lipinski definition) is 3. The van der Waals surface area contributed by atoms with Crippen LogP contribution in [0.4, 0.5) is 4.39 Å². The van der Waals surface area contributed by atoms with Crippen molar-refractivity contribution in [2.75, 3.05) is 39.3 Å². The summed E-state index contributed by atoms with van der Waals surface area (Å²) in [7, 11) is 0. The van der Waals surface area contributed by atoms with E-state index in [1.54, 1.807) is 12.1 Å². The summed E-state index contributed by atoms with van der Waals surface area (Å²) in [6, 6.07) is 6.06. The minimum absolute atomic E-state index is 0. The highest BCUT2D eigenvalue weighted by atomic mass is 35.5. The standard InChI is InChI=1S/C15H22FN3O.ClH/c16-14-4-2-13(3-5-14)12-15(20)18-6-1-9-19-10-7-17-8-11-19;/h2-5,17H,1,6-12H2,(H,18,20);1H. The minimum atomic E-state index is -0.273. The van der Waals surface area contributed by atoms with Gasteiger partial charge in [-0.2, -0.15) is 0 Å². The van der Waals surface area contributed by atoms with Gasteiger partial charge < -0.3 is 15.5 Å². The van der Waals surface area contributed by atoms with Crippen LogP contribution in [0.1, 0.15) is 12.0 Å². The maximum absolute atomic E-state index is 12.7. The average molecular weight is 316 g/mol. The highest BCUT2D eigenvalue weighted by Gasteiger charge is 2.08. The van der Waals surface area contributed by atoms with Crippen molar-refractivity contribution in [3.05, 3.63) is 35.6 Å². The minimum Gasteiger partial charge on any atom is -0.356 e. The van der Waals surface area contributed by atoms with Crippen LogP contribution in [0.2, 0.25) is 0 Å². The maximum atomic E-state index is 12.7. The highest BCUT2D eigenvalue weighted by molar-refractivity contribution is 5.85. The van der Waals surface area contributed by atoms with Crippen molar-refractivity contribution in [1.29, 1.82) is 0 Å². The van der Waals surface area contributed by atoms with Crippen molar-refractivity contribution in [2.45, 2.75) is 12.8 Å². The van der Waals surface area contributed by atoms with Gasteiger partial charge in [-0.05, 0) is 30.7 Å². The number of nitrogens with zero attached hydrogens (tertiary/aromatic N) is 1. The van der Waals surface area contributed by atoms with Gasteiger partial charge in [0, 0.05) is 32.7 Å².